The number of rotatable bonds is 1. The van der Waals surface area contributed by atoms with Crippen LogP contribution in [-0.4, -0.2) is 58.3 Å². The van der Waals surface area contributed by atoms with Crippen molar-refractivity contribution in [3.63, 3.8) is 0 Å². The molecule has 0 radical (unpaired) electrons. The standard InChI is InChI=1S/C17H21NO5/c1-18-5-4-17-13-8-2-3-12(23-21)15(13)22-16(17)11(20)7-10(19)14(17)9(18)6-8/h2-3,9-11,14,16,19-21H,4-7H2,1H3/t9-,10?,11+,14-,16+,17-/m1/s1. The van der Waals surface area contributed by atoms with E-state index in [2.05, 4.69) is 16.8 Å². The molecule has 6 heteroatoms. The maximum absolute atomic E-state index is 10.8. The van der Waals surface area contributed by atoms with E-state index >= 15 is 0 Å². The van der Waals surface area contributed by atoms with Crippen LogP contribution in [0.15, 0.2) is 12.1 Å². The lowest BCUT2D eigenvalue weighted by Gasteiger charge is -2.59. The van der Waals surface area contributed by atoms with E-state index in [1.165, 1.54) is 5.56 Å². The summed E-state index contributed by atoms with van der Waals surface area (Å²) in [5.74, 6) is 0.888. The molecule has 0 aromatic heterocycles. The van der Waals surface area contributed by atoms with Gasteiger partial charge in [-0.3, -0.25) is 0 Å². The van der Waals surface area contributed by atoms with Crippen LogP contribution in [0.2, 0.25) is 0 Å². The third kappa shape index (κ3) is 1.48. The summed E-state index contributed by atoms with van der Waals surface area (Å²) in [6.07, 6.45) is 0.376. The Morgan fingerprint density at radius 2 is 2.13 bits per heavy atom. The molecule has 4 aliphatic rings. The number of hydrogen-bond donors (Lipinski definition) is 3. The lowest BCUT2D eigenvalue weighted by molar-refractivity contribution is -0.153. The first-order chi connectivity index (χ1) is 11.1. The molecule has 0 amide bonds. The summed E-state index contributed by atoms with van der Waals surface area (Å²) >= 11 is 0. The Bertz CT molecular complexity index is 679. The van der Waals surface area contributed by atoms with Gasteiger partial charge in [-0.05, 0) is 38.1 Å². The average Bonchev–Trinajstić information content (AvgIpc) is 2.88. The van der Waals surface area contributed by atoms with Gasteiger partial charge in [0.05, 0.1) is 12.2 Å². The van der Waals surface area contributed by atoms with Crippen LogP contribution < -0.4 is 9.62 Å². The van der Waals surface area contributed by atoms with E-state index in [1.807, 2.05) is 6.07 Å². The molecule has 6 nitrogen and oxygen atoms in total. The van der Waals surface area contributed by atoms with Gasteiger partial charge in [-0.15, -0.1) is 0 Å². The Kier molecular flexibility index (Phi) is 2.68. The molecule has 3 N–H and O–H groups in total. The zero-order chi connectivity index (χ0) is 15.9. The molecule has 1 aromatic carbocycles. The molecule has 1 aromatic rings. The van der Waals surface area contributed by atoms with Crippen LogP contribution in [0.3, 0.4) is 0 Å². The number of likely N-dealkylation sites (N-methyl/N-ethyl adjacent to an activating group) is 1. The highest BCUT2D eigenvalue weighted by Crippen LogP contribution is 2.63. The fourth-order valence-corrected chi connectivity index (χ4v) is 5.83. The Hall–Kier alpha value is -1.34. The maximum atomic E-state index is 10.8. The molecule has 1 spiro atoms. The van der Waals surface area contributed by atoms with Gasteiger partial charge < -0.3 is 24.7 Å². The molecule has 2 aliphatic heterocycles. The Morgan fingerprint density at radius 3 is 2.91 bits per heavy atom. The second-order valence-corrected chi connectivity index (χ2v) is 7.50. The van der Waals surface area contributed by atoms with Gasteiger partial charge in [-0.25, -0.2) is 5.26 Å². The topological polar surface area (TPSA) is 82.4 Å². The molecule has 124 valence electrons. The summed E-state index contributed by atoms with van der Waals surface area (Å²) in [5.41, 5.74) is 1.84. The fourth-order valence-electron chi connectivity index (χ4n) is 5.83. The van der Waals surface area contributed by atoms with Crippen molar-refractivity contribution in [3.8, 4) is 11.5 Å². The van der Waals surface area contributed by atoms with Crippen LogP contribution in [0, 0.1) is 5.92 Å². The summed E-state index contributed by atoms with van der Waals surface area (Å²) in [6.45, 7) is 0.906. The summed E-state index contributed by atoms with van der Waals surface area (Å²) in [6, 6.07) is 3.95. The maximum Gasteiger partial charge on any atom is 0.207 e. The molecule has 1 unspecified atom stereocenters. The van der Waals surface area contributed by atoms with Gasteiger partial charge in [0.2, 0.25) is 5.75 Å². The predicted molar refractivity (Wildman–Crippen MR) is 80.7 cm³/mol. The van der Waals surface area contributed by atoms with Gasteiger partial charge in [0, 0.05) is 29.4 Å². The van der Waals surface area contributed by atoms with Gasteiger partial charge in [0.1, 0.15) is 6.10 Å². The van der Waals surface area contributed by atoms with E-state index in [-0.39, 0.29) is 23.5 Å². The zero-order valence-corrected chi connectivity index (χ0v) is 13.0. The van der Waals surface area contributed by atoms with E-state index in [0.29, 0.717) is 17.9 Å². The van der Waals surface area contributed by atoms with Gasteiger partial charge in [-0.2, -0.15) is 0 Å². The molecule has 2 aliphatic carbocycles. The van der Waals surface area contributed by atoms with Crippen LogP contribution in [0.5, 0.6) is 11.5 Å². The van der Waals surface area contributed by atoms with Gasteiger partial charge >= 0.3 is 0 Å². The molecule has 6 atom stereocenters. The van der Waals surface area contributed by atoms with Crippen LogP contribution in [0.1, 0.15) is 24.0 Å². The van der Waals surface area contributed by atoms with Gasteiger partial charge in [0.15, 0.2) is 5.75 Å². The van der Waals surface area contributed by atoms with E-state index in [0.717, 1.165) is 24.9 Å². The van der Waals surface area contributed by atoms with Gasteiger partial charge in [-0.1, -0.05) is 6.07 Å². The number of benzene rings is 1. The number of piperidine rings is 1. The molecule has 1 saturated heterocycles. The SMILES string of the molecule is CN1CC[C@]23c4c5ccc(OO)c4O[C@H]2[C@@H](O)CC(O)[C@H]3[C@H]1C5. The molecular weight excluding hydrogens is 298 g/mol. The summed E-state index contributed by atoms with van der Waals surface area (Å²) in [5, 5.41) is 30.5. The minimum Gasteiger partial charge on any atom is -0.482 e. The number of aliphatic hydroxyl groups excluding tert-OH is 2. The highest BCUT2D eigenvalue weighted by molar-refractivity contribution is 5.61. The molecule has 2 bridgehead atoms. The first kappa shape index (κ1) is 14.0. The second kappa shape index (κ2) is 4.39. The third-order valence-corrected chi connectivity index (χ3v) is 6.65. The summed E-state index contributed by atoms with van der Waals surface area (Å²) < 4.78 is 6.13. The molecule has 1 saturated carbocycles. The van der Waals surface area contributed by atoms with Crippen molar-refractivity contribution in [2.45, 2.75) is 49.0 Å². The fraction of sp³-hybridized carbons (Fsp3) is 0.647. The third-order valence-electron chi connectivity index (χ3n) is 6.65. The van der Waals surface area contributed by atoms with E-state index in [1.54, 1.807) is 6.07 Å². The Morgan fingerprint density at radius 1 is 1.30 bits per heavy atom. The largest absolute Gasteiger partial charge is 0.482 e. The highest BCUT2D eigenvalue weighted by atomic mass is 17.1. The van der Waals surface area contributed by atoms with E-state index < -0.39 is 12.2 Å². The molecule has 2 fully saturated rings. The lowest BCUT2D eigenvalue weighted by Crippen LogP contribution is -2.70. The quantitative estimate of drug-likeness (QED) is 0.518. The van der Waals surface area contributed by atoms with Crippen molar-refractivity contribution in [1.29, 1.82) is 0 Å². The summed E-state index contributed by atoms with van der Waals surface area (Å²) in [7, 11) is 2.11. The van der Waals surface area contributed by atoms with Crippen molar-refractivity contribution in [2.24, 2.45) is 5.92 Å². The van der Waals surface area contributed by atoms with Crippen molar-refractivity contribution in [3.05, 3.63) is 23.3 Å². The number of hydrogen-bond acceptors (Lipinski definition) is 6. The lowest BCUT2D eigenvalue weighted by atomic mass is 9.50. The van der Waals surface area contributed by atoms with Crippen molar-refractivity contribution in [2.75, 3.05) is 13.6 Å². The van der Waals surface area contributed by atoms with Crippen LogP contribution in [0.4, 0.5) is 0 Å². The summed E-state index contributed by atoms with van der Waals surface area (Å²) in [4.78, 5) is 6.84. The number of nitrogens with zero attached hydrogens (tertiary/aromatic N) is 1. The normalized spacial score (nSPS) is 43.7. The second-order valence-electron chi connectivity index (χ2n) is 7.50. The Balaban J connectivity index is 1.81. The van der Waals surface area contributed by atoms with Crippen molar-refractivity contribution >= 4 is 0 Å². The molecule has 5 rings (SSSR count). The first-order valence-corrected chi connectivity index (χ1v) is 8.28. The predicted octanol–water partition coefficient (Wildman–Crippen LogP) is 0.539. The monoisotopic (exact) mass is 319 g/mol. The Labute approximate surface area is 134 Å². The van der Waals surface area contributed by atoms with Gasteiger partial charge in [0.25, 0.3) is 0 Å². The minimum absolute atomic E-state index is 0.0392. The smallest absolute Gasteiger partial charge is 0.207 e. The highest BCUT2D eigenvalue weighted by Gasteiger charge is 2.67. The number of likely N-dealkylation sites (tertiary alicyclic amines) is 1. The van der Waals surface area contributed by atoms with Crippen LogP contribution in [-0.2, 0) is 11.8 Å². The van der Waals surface area contributed by atoms with Crippen molar-refractivity contribution in [1.82, 2.24) is 4.90 Å². The van der Waals surface area contributed by atoms with Crippen LogP contribution in [0.25, 0.3) is 0 Å². The minimum atomic E-state index is -0.713. The molecular formula is C17H21NO5. The van der Waals surface area contributed by atoms with E-state index in [4.69, 9.17) is 4.74 Å². The van der Waals surface area contributed by atoms with Crippen LogP contribution >= 0.6 is 0 Å². The van der Waals surface area contributed by atoms with E-state index in [9.17, 15) is 15.5 Å². The molecule has 2 heterocycles. The average molecular weight is 319 g/mol. The first-order valence-electron chi connectivity index (χ1n) is 8.28. The number of ether oxygens (including phenoxy) is 1. The van der Waals surface area contributed by atoms with Crippen molar-refractivity contribution < 1.29 is 25.1 Å². The zero-order valence-electron chi connectivity index (χ0n) is 13.0. The molecule has 23 heavy (non-hydrogen) atoms. The number of aliphatic hydroxyl groups is 2.